The van der Waals surface area contributed by atoms with Crippen molar-refractivity contribution in [2.75, 3.05) is 13.2 Å². The van der Waals surface area contributed by atoms with E-state index in [1.807, 2.05) is 0 Å². The van der Waals surface area contributed by atoms with E-state index in [-0.39, 0.29) is 12.1 Å². The monoisotopic (exact) mass is 291 g/mol. The maximum absolute atomic E-state index is 12.6. The van der Waals surface area contributed by atoms with Crippen molar-refractivity contribution in [2.24, 2.45) is 5.73 Å². The Labute approximate surface area is 113 Å². The first kappa shape index (κ1) is 13.8. The molecule has 20 heavy (non-hydrogen) atoms. The summed E-state index contributed by atoms with van der Waals surface area (Å²) in [4.78, 5) is 0. The quantitative estimate of drug-likeness (QED) is 0.855. The molecule has 2 aliphatic rings. The summed E-state index contributed by atoms with van der Waals surface area (Å²) in [5.41, 5.74) is 5.12. The summed E-state index contributed by atoms with van der Waals surface area (Å²) in [5.74, 6) is -0.703. The molecule has 1 aromatic heterocycles. The lowest BCUT2D eigenvalue weighted by molar-refractivity contribution is -0.188. The molecule has 1 aliphatic carbocycles. The van der Waals surface area contributed by atoms with E-state index >= 15 is 0 Å². The molecule has 0 radical (unpaired) electrons. The van der Waals surface area contributed by atoms with Crippen molar-refractivity contribution < 1.29 is 22.6 Å². The summed E-state index contributed by atoms with van der Waals surface area (Å²) in [6, 6.07) is 0.358. The second-order valence-corrected chi connectivity index (χ2v) is 5.26. The molecule has 1 saturated heterocycles. The summed E-state index contributed by atoms with van der Waals surface area (Å²) in [5, 5.41) is 3.61. The van der Waals surface area contributed by atoms with Gasteiger partial charge in [0.2, 0.25) is 0 Å². The molecule has 1 saturated carbocycles. The van der Waals surface area contributed by atoms with E-state index in [1.54, 1.807) is 0 Å². The first-order chi connectivity index (χ1) is 9.40. The lowest BCUT2D eigenvalue weighted by Crippen LogP contribution is -2.46. The molecule has 0 amide bonds. The van der Waals surface area contributed by atoms with E-state index < -0.39 is 17.7 Å². The van der Waals surface area contributed by atoms with Crippen LogP contribution in [0.5, 0.6) is 0 Å². The SMILES string of the molecule is NC1CCC2(CC1n1ccc(C(F)(F)F)n1)OCCO2. The molecule has 2 N–H and O–H groups in total. The average Bonchev–Trinajstić information content (AvgIpc) is 3.02. The van der Waals surface area contributed by atoms with Gasteiger partial charge in [-0.05, 0) is 12.5 Å². The minimum atomic E-state index is -4.44. The largest absolute Gasteiger partial charge is 0.435 e. The Hall–Kier alpha value is -1.12. The van der Waals surface area contributed by atoms with E-state index in [0.29, 0.717) is 32.5 Å². The van der Waals surface area contributed by atoms with Gasteiger partial charge in [-0.25, -0.2) is 0 Å². The molecule has 8 heteroatoms. The van der Waals surface area contributed by atoms with Crippen molar-refractivity contribution in [3.05, 3.63) is 18.0 Å². The van der Waals surface area contributed by atoms with Crippen LogP contribution in [0.2, 0.25) is 0 Å². The fourth-order valence-corrected chi connectivity index (χ4v) is 2.87. The Morgan fingerprint density at radius 2 is 2.05 bits per heavy atom. The van der Waals surface area contributed by atoms with Crippen LogP contribution < -0.4 is 5.73 Å². The maximum Gasteiger partial charge on any atom is 0.435 e. The van der Waals surface area contributed by atoms with E-state index in [2.05, 4.69) is 5.10 Å². The van der Waals surface area contributed by atoms with Gasteiger partial charge in [0.05, 0.1) is 19.3 Å². The molecule has 1 spiro atoms. The Morgan fingerprint density at radius 3 is 2.65 bits per heavy atom. The predicted molar refractivity (Wildman–Crippen MR) is 62.7 cm³/mol. The first-order valence-corrected chi connectivity index (χ1v) is 6.55. The van der Waals surface area contributed by atoms with Gasteiger partial charge in [-0.1, -0.05) is 0 Å². The summed E-state index contributed by atoms with van der Waals surface area (Å²) >= 11 is 0. The molecular formula is C12H16F3N3O2. The van der Waals surface area contributed by atoms with Crippen molar-refractivity contribution in [3.8, 4) is 0 Å². The van der Waals surface area contributed by atoms with Crippen LogP contribution in [0.3, 0.4) is 0 Å². The molecule has 1 aromatic rings. The van der Waals surface area contributed by atoms with Crippen LogP contribution in [-0.4, -0.2) is 34.8 Å². The highest BCUT2D eigenvalue weighted by molar-refractivity contribution is 5.05. The second-order valence-electron chi connectivity index (χ2n) is 5.26. The third-order valence-electron chi connectivity index (χ3n) is 3.93. The van der Waals surface area contributed by atoms with Gasteiger partial charge in [0.15, 0.2) is 11.5 Å². The minimum Gasteiger partial charge on any atom is -0.347 e. The third-order valence-corrected chi connectivity index (χ3v) is 3.93. The van der Waals surface area contributed by atoms with Crippen LogP contribution in [0.25, 0.3) is 0 Å². The summed E-state index contributed by atoms with van der Waals surface area (Å²) in [7, 11) is 0. The highest BCUT2D eigenvalue weighted by Crippen LogP contribution is 2.40. The van der Waals surface area contributed by atoms with Gasteiger partial charge >= 0.3 is 6.18 Å². The summed E-state index contributed by atoms with van der Waals surface area (Å²) in [6.07, 6.45) is -1.40. The van der Waals surface area contributed by atoms with Crippen molar-refractivity contribution in [2.45, 2.75) is 43.3 Å². The average molecular weight is 291 g/mol. The van der Waals surface area contributed by atoms with Crippen LogP contribution in [0.4, 0.5) is 13.2 Å². The molecule has 2 heterocycles. The third kappa shape index (κ3) is 2.43. The van der Waals surface area contributed by atoms with E-state index in [1.165, 1.54) is 10.9 Å². The number of nitrogens with zero attached hydrogens (tertiary/aromatic N) is 2. The Bertz CT molecular complexity index is 483. The topological polar surface area (TPSA) is 62.3 Å². The number of aromatic nitrogens is 2. The zero-order chi connectivity index (χ0) is 14.4. The number of ether oxygens (including phenoxy) is 2. The van der Waals surface area contributed by atoms with Crippen LogP contribution >= 0.6 is 0 Å². The number of nitrogens with two attached hydrogens (primary N) is 1. The zero-order valence-electron chi connectivity index (χ0n) is 10.8. The first-order valence-electron chi connectivity index (χ1n) is 6.55. The number of halogens is 3. The lowest BCUT2D eigenvalue weighted by Gasteiger charge is -2.39. The molecular weight excluding hydrogens is 275 g/mol. The summed E-state index contributed by atoms with van der Waals surface area (Å²) < 4.78 is 50.3. The van der Waals surface area contributed by atoms with Gasteiger partial charge in [0, 0.05) is 25.1 Å². The van der Waals surface area contributed by atoms with Crippen LogP contribution in [0, 0.1) is 0 Å². The molecule has 1 aliphatic heterocycles. The fraction of sp³-hybridized carbons (Fsp3) is 0.750. The van der Waals surface area contributed by atoms with Gasteiger partial charge in [-0.2, -0.15) is 18.3 Å². The fourth-order valence-electron chi connectivity index (χ4n) is 2.87. The van der Waals surface area contributed by atoms with Crippen molar-refractivity contribution in [1.29, 1.82) is 0 Å². The highest BCUT2D eigenvalue weighted by atomic mass is 19.4. The van der Waals surface area contributed by atoms with Crippen molar-refractivity contribution in [1.82, 2.24) is 9.78 Å². The molecule has 0 bridgehead atoms. The molecule has 5 nitrogen and oxygen atoms in total. The normalized spacial score (nSPS) is 30.0. The van der Waals surface area contributed by atoms with E-state index in [9.17, 15) is 13.2 Å². The Morgan fingerprint density at radius 1 is 1.35 bits per heavy atom. The smallest absolute Gasteiger partial charge is 0.347 e. The Kier molecular flexibility index (Phi) is 3.26. The van der Waals surface area contributed by atoms with E-state index in [0.717, 1.165) is 6.07 Å². The maximum atomic E-state index is 12.6. The van der Waals surface area contributed by atoms with Crippen molar-refractivity contribution >= 4 is 0 Å². The molecule has 2 unspecified atom stereocenters. The van der Waals surface area contributed by atoms with Gasteiger partial charge < -0.3 is 15.2 Å². The molecule has 3 rings (SSSR count). The summed E-state index contributed by atoms with van der Waals surface area (Å²) in [6.45, 7) is 1.02. The predicted octanol–water partition coefficient (Wildman–Crippen LogP) is 1.70. The lowest BCUT2D eigenvalue weighted by atomic mass is 9.86. The standard InChI is InChI=1S/C12H16F3N3O2/c13-12(14,15)10-2-4-18(17-10)9-7-11(3-1-8(9)16)19-5-6-20-11/h2,4,8-9H,1,3,5-7,16H2. The van der Waals surface area contributed by atoms with Crippen LogP contribution in [-0.2, 0) is 15.7 Å². The number of hydrogen-bond acceptors (Lipinski definition) is 4. The molecule has 2 fully saturated rings. The van der Waals surface area contributed by atoms with Gasteiger partial charge in [-0.15, -0.1) is 0 Å². The molecule has 0 aromatic carbocycles. The second kappa shape index (κ2) is 4.71. The number of hydrogen-bond donors (Lipinski definition) is 1. The van der Waals surface area contributed by atoms with Crippen LogP contribution in [0.1, 0.15) is 31.0 Å². The van der Waals surface area contributed by atoms with Gasteiger partial charge in [0.1, 0.15) is 0 Å². The Balaban J connectivity index is 1.82. The zero-order valence-corrected chi connectivity index (χ0v) is 10.8. The van der Waals surface area contributed by atoms with E-state index in [4.69, 9.17) is 15.2 Å². The number of rotatable bonds is 1. The van der Waals surface area contributed by atoms with Gasteiger partial charge in [0.25, 0.3) is 0 Å². The minimum absolute atomic E-state index is 0.255. The van der Waals surface area contributed by atoms with Gasteiger partial charge in [-0.3, -0.25) is 4.68 Å². The van der Waals surface area contributed by atoms with Crippen molar-refractivity contribution in [3.63, 3.8) is 0 Å². The molecule has 112 valence electrons. The van der Waals surface area contributed by atoms with Crippen LogP contribution in [0.15, 0.2) is 12.3 Å². The highest BCUT2D eigenvalue weighted by Gasteiger charge is 2.45. The molecule has 2 atom stereocenters. The number of alkyl halides is 3.